The number of aromatic amines is 1. The molecule has 98 valence electrons. The van der Waals surface area contributed by atoms with E-state index in [0.717, 1.165) is 0 Å². The predicted octanol–water partition coefficient (Wildman–Crippen LogP) is 2.64. The maximum Gasteiger partial charge on any atom is 0.270 e. The topological polar surface area (TPSA) is 101 Å². The smallest absolute Gasteiger partial charge is 0.270 e. The fourth-order valence-corrected chi connectivity index (χ4v) is 1.95. The fourth-order valence-electron chi connectivity index (χ4n) is 1.49. The lowest BCUT2D eigenvalue weighted by Gasteiger charge is -2.06. The van der Waals surface area contributed by atoms with Crippen molar-refractivity contribution >= 4 is 33.2 Å². The second-order valence-corrected chi connectivity index (χ2v) is 4.64. The monoisotopic (exact) mass is 324 g/mol. The average Bonchev–Trinajstić information content (AvgIpc) is 2.77. The first kappa shape index (κ1) is 13.2. The van der Waals surface area contributed by atoms with E-state index < -0.39 is 4.92 Å². The van der Waals surface area contributed by atoms with Gasteiger partial charge in [0.15, 0.2) is 0 Å². The van der Waals surface area contributed by atoms with Crippen molar-refractivity contribution in [3.63, 3.8) is 0 Å². The molecule has 1 amide bonds. The number of H-pyrrole nitrogens is 1. The zero-order chi connectivity index (χ0) is 14.0. The molecule has 0 bridgehead atoms. The Kier molecular flexibility index (Phi) is 3.61. The van der Waals surface area contributed by atoms with E-state index in [1.807, 2.05) is 0 Å². The average molecular weight is 325 g/mol. The summed E-state index contributed by atoms with van der Waals surface area (Å²) in [6.07, 6.45) is 1.42. The van der Waals surface area contributed by atoms with Crippen LogP contribution in [-0.4, -0.2) is 21.0 Å². The van der Waals surface area contributed by atoms with Crippen LogP contribution in [0.5, 0.6) is 0 Å². The molecule has 19 heavy (non-hydrogen) atoms. The summed E-state index contributed by atoms with van der Waals surface area (Å²) in [7, 11) is 0. The number of carbonyl (C=O) groups excluding carboxylic acids is 1. The minimum Gasteiger partial charge on any atom is -0.321 e. The van der Waals surface area contributed by atoms with Crippen LogP contribution in [0.4, 0.5) is 11.4 Å². The Morgan fingerprint density at radius 3 is 2.79 bits per heavy atom. The van der Waals surface area contributed by atoms with Crippen LogP contribution in [0.1, 0.15) is 16.1 Å². The summed E-state index contributed by atoms with van der Waals surface area (Å²) < 4.78 is 0.441. The number of halogens is 1. The first-order valence-corrected chi connectivity index (χ1v) is 6.03. The first-order chi connectivity index (χ1) is 8.99. The van der Waals surface area contributed by atoms with Gasteiger partial charge in [0.05, 0.1) is 22.4 Å². The van der Waals surface area contributed by atoms with Crippen LogP contribution in [0.15, 0.2) is 28.9 Å². The third-order valence-electron chi connectivity index (χ3n) is 2.49. The number of nitro benzene ring substituents is 1. The number of nitro groups is 1. The molecule has 0 saturated heterocycles. The molecule has 0 radical (unpaired) electrons. The number of rotatable bonds is 3. The number of nitrogens with one attached hydrogen (secondary N) is 2. The van der Waals surface area contributed by atoms with Gasteiger partial charge < -0.3 is 5.32 Å². The van der Waals surface area contributed by atoms with Gasteiger partial charge in [-0.25, -0.2) is 0 Å². The summed E-state index contributed by atoms with van der Waals surface area (Å²) in [6, 6.07) is 4.12. The lowest BCUT2D eigenvalue weighted by molar-refractivity contribution is -0.384. The summed E-state index contributed by atoms with van der Waals surface area (Å²) in [5.74, 6) is -0.333. The number of benzene rings is 1. The molecule has 0 saturated carbocycles. The highest BCUT2D eigenvalue weighted by Crippen LogP contribution is 2.27. The minimum absolute atomic E-state index is 0.0515. The molecule has 0 aliphatic rings. The van der Waals surface area contributed by atoms with Gasteiger partial charge in [-0.15, -0.1) is 0 Å². The Morgan fingerprint density at radius 2 is 2.26 bits per heavy atom. The molecule has 1 heterocycles. The Labute approximate surface area is 116 Å². The van der Waals surface area contributed by atoms with Crippen LogP contribution in [0.3, 0.4) is 0 Å². The van der Waals surface area contributed by atoms with Crippen molar-refractivity contribution in [1.82, 2.24) is 10.2 Å². The van der Waals surface area contributed by atoms with Crippen molar-refractivity contribution in [2.45, 2.75) is 6.92 Å². The van der Waals surface area contributed by atoms with Crippen molar-refractivity contribution in [3.8, 4) is 0 Å². The number of aromatic nitrogens is 2. The van der Waals surface area contributed by atoms with Crippen LogP contribution < -0.4 is 5.32 Å². The molecule has 2 aromatic rings. The minimum atomic E-state index is -0.503. The number of aryl methyl sites for hydroxylation is 1. The van der Waals surface area contributed by atoms with Crippen molar-refractivity contribution in [3.05, 3.63) is 50.2 Å². The maximum atomic E-state index is 11.9. The summed E-state index contributed by atoms with van der Waals surface area (Å²) >= 11 is 3.18. The lowest BCUT2D eigenvalue weighted by Crippen LogP contribution is -2.12. The summed E-state index contributed by atoms with van der Waals surface area (Å²) in [5.41, 5.74) is 1.47. The van der Waals surface area contributed by atoms with E-state index in [4.69, 9.17) is 0 Å². The van der Waals surface area contributed by atoms with Gasteiger partial charge in [0.2, 0.25) is 0 Å². The Balaban J connectivity index is 2.23. The molecule has 0 aliphatic carbocycles. The van der Waals surface area contributed by atoms with E-state index in [2.05, 4.69) is 31.4 Å². The highest BCUT2D eigenvalue weighted by Gasteiger charge is 2.14. The number of amides is 1. The van der Waals surface area contributed by atoms with E-state index >= 15 is 0 Å². The number of anilines is 1. The van der Waals surface area contributed by atoms with Crippen LogP contribution in [0, 0.1) is 17.0 Å². The fraction of sp³-hybridized carbons (Fsp3) is 0.0909. The van der Waals surface area contributed by atoms with Crippen LogP contribution in [-0.2, 0) is 0 Å². The van der Waals surface area contributed by atoms with E-state index in [9.17, 15) is 14.9 Å². The number of hydrogen-bond acceptors (Lipinski definition) is 4. The second-order valence-electron chi connectivity index (χ2n) is 3.78. The maximum absolute atomic E-state index is 11.9. The van der Waals surface area contributed by atoms with Gasteiger partial charge in [-0.2, -0.15) is 5.10 Å². The van der Waals surface area contributed by atoms with Crippen LogP contribution in [0.2, 0.25) is 0 Å². The largest absolute Gasteiger partial charge is 0.321 e. The third-order valence-corrected chi connectivity index (χ3v) is 3.14. The van der Waals surface area contributed by atoms with Gasteiger partial charge >= 0.3 is 0 Å². The molecule has 0 aliphatic heterocycles. The van der Waals surface area contributed by atoms with E-state index in [1.165, 1.54) is 24.4 Å². The lowest BCUT2D eigenvalue weighted by atomic mass is 10.2. The third kappa shape index (κ3) is 2.79. The molecule has 1 aromatic heterocycles. The molecule has 0 spiro atoms. The predicted molar refractivity (Wildman–Crippen MR) is 72.1 cm³/mol. The van der Waals surface area contributed by atoms with Gasteiger partial charge in [-0.1, -0.05) is 0 Å². The highest BCUT2D eigenvalue weighted by molar-refractivity contribution is 9.10. The Morgan fingerprint density at radius 1 is 1.53 bits per heavy atom. The molecule has 0 unspecified atom stereocenters. The van der Waals surface area contributed by atoms with Crippen LogP contribution >= 0.6 is 15.9 Å². The van der Waals surface area contributed by atoms with E-state index in [0.29, 0.717) is 21.4 Å². The number of hydrogen-bond donors (Lipinski definition) is 2. The molecule has 0 fully saturated rings. The Hall–Kier alpha value is -2.22. The molecule has 8 heteroatoms. The quantitative estimate of drug-likeness (QED) is 0.669. The Bertz CT molecular complexity index is 653. The molecular formula is C11H9BrN4O3. The molecule has 2 rings (SSSR count). The summed E-state index contributed by atoms with van der Waals surface area (Å²) in [6.45, 7) is 1.73. The van der Waals surface area contributed by atoms with Gasteiger partial charge in [0, 0.05) is 22.3 Å². The molecule has 2 N–H and O–H groups in total. The van der Waals surface area contributed by atoms with Gasteiger partial charge in [0.1, 0.15) is 0 Å². The zero-order valence-electron chi connectivity index (χ0n) is 9.81. The van der Waals surface area contributed by atoms with Gasteiger partial charge in [0.25, 0.3) is 11.6 Å². The molecule has 1 aromatic carbocycles. The number of non-ortho nitro benzene ring substituents is 1. The van der Waals surface area contributed by atoms with Crippen molar-refractivity contribution in [2.75, 3.05) is 5.32 Å². The molecule has 7 nitrogen and oxygen atoms in total. The number of carbonyl (C=O) groups is 1. The first-order valence-electron chi connectivity index (χ1n) is 5.24. The van der Waals surface area contributed by atoms with Crippen molar-refractivity contribution < 1.29 is 9.72 Å². The molecular weight excluding hydrogens is 316 g/mol. The SMILES string of the molecule is Cc1[nH]ncc1C(=O)Nc1ccc([N+](=O)[O-])cc1Br. The second kappa shape index (κ2) is 5.19. The van der Waals surface area contributed by atoms with Crippen molar-refractivity contribution in [1.29, 1.82) is 0 Å². The number of nitrogens with zero attached hydrogens (tertiary/aromatic N) is 2. The zero-order valence-corrected chi connectivity index (χ0v) is 11.4. The van der Waals surface area contributed by atoms with Crippen molar-refractivity contribution in [2.24, 2.45) is 0 Å². The van der Waals surface area contributed by atoms with E-state index in [-0.39, 0.29) is 11.6 Å². The van der Waals surface area contributed by atoms with Crippen LogP contribution in [0.25, 0.3) is 0 Å². The summed E-state index contributed by atoms with van der Waals surface area (Å²) in [5, 5.41) is 19.7. The molecule has 0 atom stereocenters. The van der Waals surface area contributed by atoms with Gasteiger partial charge in [-0.3, -0.25) is 20.0 Å². The standard InChI is InChI=1S/C11H9BrN4O3/c1-6-8(5-13-15-6)11(17)14-10-3-2-7(16(18)19)4-9(10)12/h2-5H,1H3,(H,13,15)(H,14,17). The van der Waals surface area contributed by atoms with Gasteiger partial charge in [-0.05, 0) is 28.9 Å². The summed E-state index contributed by atoms with van der Waals surface area (Å²) in [4.78, 5) is 22.0. The van der Waals surface area contributed by atoms with E-state index in [1.54, 1.807) is 6.92 Å². The normalized spacial score (nSPS) is 10.2. The highest BCUT2D eigenvalue weighted by atomic mass is 79.9.